The second-order valence-corrected chi connectivity index (χ2v) is 6.06. The van der Waals surface area contributed by atoms with E-state index in [4.69, 9.17) is 17.3 Å². The quantitative estimate of drug-likeness (QED) is 0.713. The van der Waals surface area contributed by atoms with Crippen molar-refractivity contribution in [3.63, 3.8) is 0 Å². The first-order valence-corrected chi connectivity index (χ1v) is 7.24. The van der Waals surface area contributed by atoms with Gasteiger partial charge in [0.15, 0.2) is 0 Å². The molecule has 0 aliphatic heterocycles. The summed E-state index contributed by atoms with van der Waals surface area (Å²) in [4.78, 5) is 12.1. The number of carbonyl (C=O) groups is 1. The van der Waals surface area contributed by atoms with Crippen LogP contribution in [0.4, 0.5) is 11.4 Å². The Hall–Kier alpha value is -1.04. The number of hydrogen-bond donors (Lipinski definition) is 2. The average Bonchev–Trinajstić information content (AvgIpc) is 2.31. The van der Waals surface area contributed by atoms with Crippen LogP contribution in [0.2, 0.25) is 5.02 Å². The highest BCUT2D eigenvalue weighted by molar-refractivity contribution is 9.11. The lowest BCUT2D eigenvalue weighted by Gasteiger charge is -2.08. The monoisotopic (exact) mass is 402 g/mol. The lowest BCUT2D eigenvalue weighted by molar-refractivity contribution is 0.102. The molecule has 0 radical (unpaired) electrons. The van der Waals surface area contributed by atoms with Crippen LogP contribution in [0.1, 0.15) is 10.4 Å². The molecule has 98 valence electrons. The van der Waals surface area contributed by atoms with Crippen LogP contribution in [0.15, 0.2) is 45.3 Å². The number of hydrogen-bond acceptors (Lipinski definition) is 2. The first kappa shape index (κ1) is 14.4. The molecule has 0 bridgehead atoms. The Morgan fingerprint density at radius 1 is 1.16 bits per heavy atom. The molecule has 0 fully saturated rings. The Morgan fingerprint density at radius 2 is 1.89 bits per heavy atom. The number of rotatable bonds is 2. The molecule has 19 heavy (non-hydrogen) atoms. The molecule has 0 heterocycles. The SMILES string of the molecule is Nc1cc(Cl)cc(C(=O)Nc2ccc(Br)cc2Br)c1. The first-order chi connectivity index (χ1) is 8.95. The Labute approximate surface area is 132 Å². The molecule has 3 N–H and O–H groups in total. The molecule has 2 aromatic carbocycles. The Kier molecular flexibility index (Phi) is 4.50. The van der Waals surface area contributed by atoms with Crippen LogP contribution in [0, 0.1) is 0 Å². The fourth-order valence-corrected chi connectivity index (χ4v) is 2.92. The fourth-order valence-electron chi connectivity index (χ4n) is 1.53. The van der Waals surface area contributed by atoms with Gasteiger partial charge in [0.25, 0.3) is 5.91 Å². The largest absolute Gasteiger partial charge is 0.399 e. The smallest absolute Gasteiger partial charge is 0.255 e. The second-order valence-electron chi connectivity index (χ2n) is 3.85. The maximum atomic E-state index is 12.1. The highest BCUT2D eigenvalue weighted by atomic mass is 79.9. The van der Waals surface area contributed by atoms with Gasteiger partial charge in [-0.2, -0.15) is 0 Å². The minimum Gasteiger partial charge on any atom is -0.399 e. The van der Waals surface area contributed by atoms with Crippen LogP contribution in [0.3, 0.4) is 0 Å². The molecule has 1 amide bonds. The van der Waals surface area contributed by atoms with E-state index in [1.807, 2.05) is 12.1 Å². The molecule has 0 unspecified atom stereocenters. The number of amides is 1. The van der Waals surface area contributed by atoms with Crippen molar-refractivity contribution in [2.24, 2.45) is 0 Å². The van der Waals surface area contributed by atoms with Gasteiger partial charge in [-0.15, -0.1) is 0 Å². The van der Waals surface area contributed by atoms with Crippen LogP contribution in [-0.4, -0.2) is 5.91 Å². The summed E-state index contributed by atoms with van der Waals surface area (Å²) in [7, 11) is 0. The number of anilines is 2. The van der Waals surface area contributed by atoms with Gasteiger partial charge in [0.05, 0.1) is 5.69 Å². The van der Waals surface area contributed by atoms with Gasteiger partial charge in [-0.25, -0.2) is 0 Å². The van der Waals surface area contributed by atoms with Crippen molar-refractivity contribution in [3.8, 4) is 0 Å². The molecule has 6 heteroatoms. The summed E-state index contributed by atoms with van der Waals surface area (Å²) in [5.74, 6) is -0.266. The summed E-state index contributed by atoms with van der Waals surface area (Å²) in [6.07, 6.45) is 0. The highest BCUT2D eigenvalue weighted by Gasteiger charge is 2.10. The van der Waals surface area contributed by atoms with Gasteiger partial charge in [0.1, 0.15) is 0 Å². The van der Waals surface area contributed by atoms with Crippen molar-refractivity contribution in [2.75, 3.05) is 11.1 Å². The number of nitrogen functional groups attached to an aromatic ring is 1. The summed E-state index contributed by atoms with van der Waals surface area (Å²) in [5.41, 5.74) is 7.20. The summed E-state index contributed by atoms with van der Waals surface area (Å²) in [5, 5.41) is 3.22. The molecule has 0 spiro atoms. The van der Waals surface area contributed by atoms with Gasteiger partial charge in [-0.05, 0) is 52.3 Å². The number of nitrogens with one attached hydrogen (secondary N) is 1. The normalized spacial score (nSPS) is 10.3. The fraction of sp³-hybridized carbons (Fsp3) is 0. The van der Waals surface area contributed by atoms with Gasteiger partial charge in [-0.3, -0.25) is 4.79 Å². The van der Waals surface area contributed by atoms with Crippen molar-refractivity contribution in [3.05, 3.63) is 55.9 Å². The van der Waals surface area contributed by atoms with Crippen molar-refractivity contribution < 1.29 is 4.79 Å². The number of benzene rings is 2. The third-order valence-corrected chi connectivity index (χ3v) is 3.73. The molecular weight excluding hydrogens is 395 g/mol. The zero-order valence-corrected chi connectivity index (χ0v) is 13.5. The molecule has 0 aliphatic rings. The van der Waals surface area contributed by atoms with Crippen LogP contribution < -0.4 is 11.1 Å². The zero-order chi connectivity index (χ0) is 14.0. The Morgan fingerprint density at radius 3 is 2.53 bits per heavy atom. The third-order valence-electron chi connectivity index (χ3n) is 2.36. The third kappa shape index (κ3) is 3.72. The topological polar surface area (TPSA) is 55.1 Å². The van der Waals surface area contributed by atoms with Crippen molar-refractivity contribution in [1.82, 2.24) is 0 Å². The average molecular weight is 404 g/mol. The van der Waals surface area contributed by atoms with Crippen LogP contribution >= 0.6 is 43.5 Å². The van der Waals surface area contributed by atoms with Gasteiger partial charge in [0.2, 0.25) is 0 Å². The summed E-state index contributed by atoms with van der Waals surface area (Å²) >= 11 is 12.6. The van der Waals surface area contributed by atoms with Crippen molar-refractivity contribution in [2.45, 2.75) is 0 Å². The maximum absolute atomic E-state index is 12.1. The number of halogens is 3. The maximum Gasteiger partial charge on any atom is 0.255 e. The minimum absolute atomic E-state index is 0.266. The predicted octanol–water partition coefficient (Wildman–Crippen LogP) is 4.70. The lowest BCUT2D eigenvalue weighted by Crippen LogP contribution is -2.12. The van der Waals surface area contributed by atoms with E-state index in [1.165, 1.54) is 0 Å². The van der Waals surface area contributed by atoms with E-state index in [1.54, 1.807) is 24.3 Å². The molecule has 0 aliphatic carbocycles. The molecule has 2 aromatic rings. The van der Waals surface area contributed by atoms with Gasteiger partial charge < -0.3 is 11.1 Å². The summed E-state index contributed by atoms with van der Waals surface area (Å²) in [6.45, 7) is 0. The van der Waals surface area contributed by atoms with Gasteiger partial charge in [0, 0.05) is 25.2 Å². The highest BCUT2D eigenvalue weighted by Crippen LogP contribution is 2.27. The van der Waals surface area contributed by atoms with E-state index in [2.05, 4.69) is 37.2 Å². The molecule has 0 atom stereocenters. The molecular formula is C13H9Br2ClN2O. The Balaban J connectivity index is 2.25. The molecule has 2 rings (SSSR count). The van der Waals surface area contributed by atoms with E-state index in [9.17, 15) is 4.79 Å². The van der Waals surface area contributed by atoms with E-state index in [0.717, 1.165) is 8.95 Å². The first-order valence-electron chi connectivity index (χ1n) is 5.28. The molecule has 0 saturated heterocycles. The number of carbonyl (C=O) groups excluding carboxylic acids is 1. The van der Waals surface area contributed by atoms with Crippen molar-refractivity contribution in [1.29, 1.82) is 0 Å². The summed E-state index contributed by atoms with van der Waals surface area (Å²) in [6, 6.07) is 10.2. The van der Waals surface area contributed by atoms with E-state index in [-0.39, 0.29) is 5.91 Å². The van der Waals surface area contributed by atoms with Crippen LogP contribution in [-0.2, 0) is 0 Å². The van der Waals surface area contributed by atoms with E-state index in [0.29, 0.717) is 22.0 Å². The standard InChI is InChI=1S/C13H9Br2ClN2O/c14-8-1-2-12(11(15)5-8)18-13(19)7-3-9(16)6-10(17)4-7/h1-6H,17H2,(H,18,19). The Bertz CT molecular complexity index is 626. The predicted molar refractivity (Wildman–Crippen MR) is 85.7 cm³/mol. The van der Waals surface area contributed by atoms with Crippen LogP contribution in [0.25, 0.3) is 0 Å². The van der Waals surface area contributed by atoms with E-state index < -0.39 is 0 Å². The summed E-state index contributed by atoms with van der Waals surface area (Å²) < 4.78 is 1.70. The minimum atomic E-state index is -0.266. The second kappa shape index (κ2) is 5.94. The number of nitrogens with two attached hydrogens (primary N) is 1. The van der Waals surface area contributed by atoms with Crippen LogP contribution in [0.5, 0.6) is 0 Å². The zero-order valence-electron chi connectivity index (χ0n) is 9.58. The van der Waals surface area contributed by atoms with Crippen molar-refractivity contribution >= 4 is 60.7 Å². The van der Waals surface area contributed by atoms with E-state index >= 15 is 0 Å². The van der Waals surface area contributed by atoms with Gasteiger partial charge in [-0.1, -0.05) is 27.5 Å². The molecule has 0 saturated carbocycles. The molecule has 0 aromatic heterocycles. The van der Waals surface area contributed by atoms with Gasteiger partial charge >= 0.3 is 0 Å². The molecule has 3 nitrogen and oxygen atoms in total. The lowest BCUT2D eigenvalue weighted by atomic mass is 10.2.